The van der Waals surface area contributed by atoms with Gasteiger partial charge in [-0.15, -0.1) is 0 Å². The van der Waals surface area contributed by atoms with E-state index in [1.54, 1.807) is 36.3 Å². The Bertz CT molecular complexity index is 941. The number of methoxy groups -OCH3 is 1. The molecule has 2 aromatic rings. The molecule has 0 saturated carbocycles. The molecule has 3 rings (SSSR count). The molecule has 7 heteroatoms. The van der Waals surface area contributed by atoms with Crippen molar-refractivity contribution in [1.82, 2.24) is 4.90 Å². The van der Waals surface area contributed by atoms with Gasteiger partial charge in [0, 0.05) is 13.1 Å². The zero-order chi connectivity index (χ0) is 20.3. The van der Waals surface area contributed by atoms with Crippen LogP contribution in [0.3, 0.4) is 0 Å². The Morgan fingerprint density at radius 2 is 1.79 bits per heavy atom. The third-order valence-corrected chi connectivity index (χ3v) is 6.26. The van der Waals surface area contributed by atoms with Crippen LogP contribution < -0.4 is 9.04 Å². The van der Waals surface area contributed by atoms with Gasteiger partial charge in [0.1, 0.15) is 11.8 Å². The number of amides is 1. The average molecular weight is 403 g/mol. The molecular weight excluding hydrogens is 376 g/mol. The lowest BCUT2D eigenvalue weighted by Gasteiger charge is -2.36. The summed E-state index contributed by atoms with van der Waals surface area (Å²) in [5.41, 5.74) is 2.82. The summed E-state index contributed by atoms with van der Waals surface area (Å²) in [6.07, 6.45) is 2.30. The highest BCUT2D eigenvalue weighted by atomic mass is 32.2. The largest absolute Gasteiger partial charge is 0.497 e. The Morgan fingerprint density at radius 3 is 2.36 bits per heavy atom. The first kappa shape index (κ1) is 20.2. The fraction of sp³-hybridized carbons (Fsp3) is 0.381. The number of nitrogens with zero attached hydrogens (tertiary/aromatic N) is 2. The molecule has 0 fully saturated rings. The number of carbonyl (C=O) groups excluding carboxylic acids is 1. The second-order valence-corrected chi connectivity index (χ2v) is 8.82. The molecule has 28 heavy (non-hydrogen) atoms. The molecule has 0 aliphatic carbocycles. The van der Waals surface area contributed by atoms with Crippen LogP contribution in [0.25, 0.3) is 0 Å². The van der Waals surface area contributed by atoms with E-state index >= 15 is 0 Å². The summed E-state index contributed by atoms with van der Waals surface area (Å²) in [7, 11) is -2.10. The van der Waals surface area contributed by atoms with E-state index < -0.39 is 16.1 Å². The van der Waals surface area contributed by atoms with Crippen LogP contribution in [0.4, 0.5) is 5.69 Å². The summed E-state index contributed by atoms with van der Waals surface area (Å²) in [6, 6.07) is 14.0. The maximum atomic E-state index is 13.3. The number of fused-ring (bicyclic) bond motifs is 1. The first-order valence-electron chi connectivity index (χ1n) is 9.34. The molecule has 0 radical (unpaired) electrons. The number of anilines is 1. The zero-order valence-corrected chi connectivity index (χ0v) is 17.3. The number of ether oxygens (including phenoxy) is 1. The van der Waals surface area contributed by atoms with Gasteiger partial charge in [-0.2, -0.15) is 0 Å². The van der Waals surface area contributed by atoms with Crippen LogP contribution in [0.5, 0.6) is 5.75 Å². The number of rotatable bonds is 6. The summed E-state index contributed by atoms with van der Waals surface area (Å²) in [6.45, 7) is 2.93. The molecule has 1 amide bonds. The molecule has 6 nitrogen and oxygen atoms in total. The van der Waals surface area contributed by atoms with Crippen molar-refractivity contribution in [3.05, 3.63) is 59.7 Å². The monoisotopic (exact) mass is 402 g/mol. The third kappa shape index (κ3) is 4.14. The zero-order valence-electron chi connectivity index (χ0n) is 16.5. The SMILES string of the molecule is CCC(C(=O)N1CCc2ccccc2C1)N(c1ccc(OC)cc1)S(C)(=O)=O. The van der Waals surface area contributed by atoms with Gasteiger partial charge < -0.3 is 9.64 Å². The molecule has 0 spiro atoms. The van der Waals surface area contributed by atoms with E-state index in [-0.39, 0.29) is 5.91 Å². The number of hydrogen-bond acceptors (Lipinski definition) is 4. The van der Waals surface area contributed by atoms with Crippen molar-refractivity contribution in [2.75, 3.05) is 24.2 Å². The lowest BCUT2D eigenvalue weighted by atomic mass is 9.99. The van der Waals surface area contributed by atoms with Gasteiger partial charge in [-0.05, 0) is 48.2 Å². The minimum Gasteiger partial charge on any atom is -0.497 e. The topological polar surface area (TPSA) is 66.9 Å². The molecule has 1 heterocycles. The quantitative estimate of drug-likeness (QED) is 0.745. The van der Waals surface area contributed by atoms with Crippen molar-refractivity contribution in [3.8, 4) is 5.75 Å². The average Bonchev–Trinajstić information content (AvgIpc) is 2.70. The highest BCUT2D eigenvalue weighted by Gasteiger charge is 2.35. The van der Waals surface area contributed by atoms with E-state index in [1.807, 2.05) is 25.1 Å². The number of benzene rings is 2. The first-order chi connectivity index (χ1) is 13.3. The predicted octanol–water partition coefficient (Wildman–Crippen LogP) is 2.82. The molecule has 1 aliphatic rings. The maximum absolute atomic E-state index is 13.3. The number of hydrogen-bond donors (Lipinski definition) is 0. The maximum Gasteiger partial charge on any atom is 0.246 e. The van der Waals surface area contributed by atoms with Gasteiger partial charge in [-0.3, -0.25) is 9.10 Å². The van der Waals surface area contributed by atoms with Crippen LogP contribution in [0.15, 0.2) is 48.5 Å². The van der Waals surface area contributed by atoms with Gasteiger partial charge in [0.2, 0.25) is 15.9 Å². The molecule has 1 unspecified atom stereocenters. The Hall–Kier alpha value is -2.54. The second kappa shape index (κ2) is 8.22. The van der Waals surface area contributed by atoms with Crippen molar-refractivity contribution in [2.45, 2.75) is 32.4 Å². The van der Waals surface area contributed by atoms with E-state index in [0.29, 0.717) is 30.9 Å². The highest BCUT2D eigenvalue weighted by Crippen LogP contribution is 2.27. The molecule has 1 atom stereocenters. The fourth-order valence-corrected chi connectivity index (χ4v) is 4.87. The minimum absolute atomic E-state index is 0.168. The Kier molecular flexibility index (Phi) is 5.93. The lowest BCUT2D eigenvalue weighted by Crippen LogP contribution is -2.51. The summed E-state index contributed by atoms with van der Waals surface area (Å²) in [4.78, 5) is 15.1. The van der Waals surface area contributed by atoms with E-state index in [4.69, 9.17) is 4.74 Å². The molecule has 1 aliphatic heterocycles. The second-order valence-electron chi connectivity index (χ2n) is 6.96. The van der Waals surface area contributed by atoms with Crippen LogP contribution in [-0.2, 0) is 27.8 Å². The van der Waals surface area contributed by atoms with Crippen LogP contribution in [0.1, 0.15) is 24.5 Å². The summed E-state index contributed by atoms with van der Waals surface area (Å²) in [5.74, 6) is 0.461. The molecule has 0 aromatic heterocycles. The molecule has 2 aromatic carbocycles. The van der Waals surface area contributed by atoms with E-state index in [0.717, 1.165) is 18.2 Å². The third-order valence-electron chi connectivity index (χ3n) is 5.08. The van der Waals surface area contributed by atoms with Crippen LogP contribution in [0, 0.1) is 0 Å². The normalized spacial score (nSPS) is 14.9. The summed E-state index contributed by atoms with van der Waals surface area (Å²) < 4.78 is 31.6. The van der Waals surface area contributed by atoms with Gasteiger partial charge in [0.05, 0.1) is 19.1 Å². The number of carbonyl (C=O) groups is 1. The van der Waals surface area contributed by atoms with Crippen LogP contribution in [0.2, 0.25) is 0 Å². The molecule has 0 bridgehead atoms. The predicted molar refractivity (Wildman–Crippen MR) is 110 cm³/mol. The van der Waals surface area contributed by atoms with Crippen molar-refractivity contribution in [1.29, 1.82) is 0 Å². The van der Waals surface area contributed by atoms with E-state index in [9.17, 15) is 13.2 Å². The minimum atomic E-state index is -3.65. The molecule has 0 N–H and O–H groups in total. The Morgan fingerprint density at radius 1 is 1.14 bits per heavy atom. The van der Waals surface area contributed by atoms with Gasteiger partial charge in [-0.25, -0.2) is 8.42 Å². The Labute approximate surface area is 166 Å². The van der Waals surface area contributed by atoms with Crippen molar-refractivity contribution in [2.24, 2.45) is 0 Å². The summed E-state index contributed by atoms with van der Waals surface area (Å²) >= 11 is 0. The van der Waals surface area contributed by atoms with Crippen molar-refractivity contribution < 1.29 is 17.9 Å². The first-order valence-corrected chi connectivity index (χ1v) is 11.2. The molecule has 0 saturated heterocycles. The van der Waals surface area contributed by atoms with Gasteiger partial charge in [0.25, 0.3) is 0 Å². The fourth-order valence-electron chi connectivity index (χ4n) is 3.67. The van der Waals surface area contributed by atoms with Crippen LogP contribution >= 0.6 is 0 Å². The van der Waals surface area contributed by atoms with Crippen molar-refractivity contribution in [3.63, 3.8) is 0 Å². The van der Waals surface area contributed by atoms with Gasteiger partial charge >= 0.3 is 0 Å². The molecule has 150 valence electrons. The lowest BCUT2D eigenvalue weighted by molar-refractivity contribution is -0.133. The molecular formula is C21H26N2O4S. The van der Waals surface area contributed by atoms with Crippen molar-refractivity contribution >= 4 is 21.6 Å². The number of sulfonamides is 1. The van der Waals surface area contributed by atoms with E-state index in [2.05, 4.69) is 6.07 Å². The van der Waals surface area contributed by atoms with Gasteiger partial charge in [0.15, 0.2) is 0 Å². The van der Waals surface area contributed by atoms with Crippen LogP contribution in [-0.4, -0.2) is 45.2 Å². The highest BCUT2D eigenvalue weighted by molar-refractivity contribution is 7.92. The van der Waals surface area contributed by atoms with Gasteiger partial charge in [-0.1, -0.05) is 31.2 Å². The Balaban J connectivity index is 1.90. The standard InChI is InChI=1S/C21H26N2O4S/c1-4-20(21(24)22-14-13-16-7-5-6-8-17(16)15-22)23(28(3,25)26)18-9-11-19(27-2)12-10-18/h5-12,20H,4,13-15H2,1-3H3. The van der Waals surface area contributed by atoms with E-state index in [1.165, 1.54) is 9.87 Å². The summed E-state index contributed by atoms with van der Waals surface area (Å²) in [5, 5.41) is 0. The smallest absolute Gasteiger partial charge is 0.246 e.